The van der Waals surface area contributed by atoms with Crippen LogP contribution in [0.3, 0.4) is 0 Å². The first kappa shape index (κ1) is 20.8. The van der Waals surface area contributed by atoms with E-state index in [4.69, 9.17) is 5.73 Å². The van der Waals surface area contributed by atoms with E-state index in [-0.39, 0.29) is 17.4 Å². The van der Waals surface area contributed by atoms with Gasteiger partial charge in [-0.05, 0) is 35.9 Å². The number of aromatic nitrogens is 3. The van der Waals surface area contributed by atoms with Gasteiger partial charge in [-0.25, -0.2) is 14.4 Å². The van der Waals surface area contributed by atoms with Crippen LogP contribution in [-0.2, 0) is 5.75 Å². The number of anilines is 1. The Morgan fingerprint density at radius 2 is 2.03 bits per heavy atom. The van der Waals surface area contributed by atoms with Gasteiger partial charge >= 0.3 is 0 Å². The molecule has 4 rings (SSSR count). The van der Waals surface area contributed by atoms with E-state index in [9.17, 15) is 14.0 Å². The van der Waals surface area contributed by atoms with Gasteiger partial charge in [0.15, 0.2) is 5.13 Å². The minimum absolute atomic E-state index is 0.284. The van der Waals surface area contributed by atoms with Gasteiger partial charge in [-0.2, -0.15) is 0 Å². The quantitative estimate of drug-likeness (QED) is 0.361. The molecule has 0 saturated carbocycles. The van der Waals surface area contributed by atoms with Crippen molar-refractivity contribution in [1.29, 1.82) is 0 Å². The van der Waals surface area contributed by atoms with E-state index in [0.29, 0.717) is 32.7 Å². The predicted octanol–water partition coefficient (Wildman–Crippen LogP) is 4.32. The minimum Gasteiger partial charge on any atom is -0.364 e. The molecule has 4 N–H and O–H groups in total. The molecule has 31 heavy (non-hydrogen) atoms. The number of nitrogens with two attached hydrogens (primary N) is 1. The number of hydrogen-bond donors (Lipinski definition) is 3. The van der Waals surface area contributed by atoms with Crippen LogP contribution >= 0.6 is 23.1 Å². The molecule has 7 nitrogen and oxygen atoms in total. The summed E-state index contributed by atoms with van der Waals surface area (Å²) in [5.41, 5.74) is 8.19. The number of rotatable bonds is 7. The number of nitrogens with one attached hydrogen (secondary N) is 2. The second-order valence-electron chi connectivity index (χ2n) is 6.43. The normalized spacial score (nSPS) is 10.7. The molecule has 0 spiro atoms. The predicted molar refractivity (Wildman–Crippen MR) is 119 cm³/mol. The zero-order chi connectivity index (χ0) is 21.8. The van der Waals surface area contributed by atoms with E-state index in [0.717, 1.165) is 5.56 Å². The molecule has 1 aromatic carbocycles. The first-order chi connectivity index (χ1) is 15.0. The molecule has 0 radical (unpaired) electrons. The smallest absolute Gasteiger partial charge is 0.265 e. The summed E-state index contributed by atoms with van der Waals surface area (Å²) in [7, 11) is 0. The Bertz CT molecular complexity index is 1240. The highest BCUT2D eigenvalue weighted by molar-refractivity contribution is 7.98. The van der Waals surface area contributed by atoms with Crippen LogP contribution in [-0.4, -0.2) is 26.8 Å². The average molecular weight is 454 g/mol. The molecular formula is C21H16FN5O2S2. The Morgan fingerprint density at radius 1 is 1.23 bits per heavy atom. The molecule has 0 atom stereocenters. The maximum atomic E-state index is 13.1. The molecule has 4 aromatic rings. The Labute approximate surface area is 184 Å². The number of pyridine rings is 1. The number of H-pyrrole nitrogens is 1. The van der Waals surface area contributed by atoms with Gasteiger partial charge in [-0.3, -0.25) is 14.9 Å². The first-order valence-electron chi connectivity index (χ1n) is 9.07. The Morgan fingerprint density at radius 3 is 2.77 bits per heavy atom. The lowest BCUT2D eigenvalue weighted by atomic mass is 10.2. The third-order valence-corrected chi connectivity index (χ3v) is 6.11. The number of aromatic amines is 1. The number of benzene rings is 1. The molecule has 0 aliphatic rings. The van der Waals surface area contributed by atoms with Crippen molar-refractivity contribution in [2.45, 2.75) is 10.8 Å². The van der Waals surface area contributed by atoms with E-state index < -0.39 is 5.91 Å². The van der Waals surface area contributed by atoms with Crippen molar-refractivity contribution in [2.75, 3.05) is 5.32 Å². The fraction of sp³-hybridized carbons (Fsp3) is 0.0476. The van der Waals surface area contributed by atoms with Gasteiger partial charge in [0.25, 0.3) is 11.8 Å². The molecule has 0 saturated heterocycles. The second-order valence-corrected chi connectivity index (χ2v) is 8.25. The van der Waals surface area contributed by atoms with Crippen molar-refractivity contribution in [1.82, 2.24) is 15.0 Å². The number of carbonyl (C=O) groups is 2. The lowest BCUT2D eigenvalue weighted by Crippen LogP contribution is -2.13. The molecular weight excluding hydrogens is 437 g/mol. The topological polar surface area (TPSA) is 114 Å². The van der Waals surface area contributed by atoms with Gasteiger partial charge in [0, 0.05) is 29.1 Å². The lowest BCUT2D eigenvalue weighted by Gasteiger charge is -2.07. The fourth-order valence-corrected chi connectivity index (χ4v) is 4.39. The summed E-state index contributed by atoms with van der Waals surface area (Å²) in [6.45, 7) is 0. The van der Waals surface area contributed by atoms with Gasteiger partial charge in [0.1, 0.15) is 16.5 Å². The van der Waals surface area contributed by atoms with Crippen LogP contribution in [0.5, 0.6) is 0 Å². The monoisotopic (exact) mass is 453 g/mol. The largest absolute Gasteiger partial charge is 0.364 e. The minimum atomic E-state index is -0.558. The number of thioether (sulfide) groups is 1. The van der Waals surface area contributed by atoms with E-state index in [1.807, 2.05) is 0 Å². The van der Waals surface area contributed by atoms with Gasteiger partial charge in [0.2, 0.25) is 0 Å². The molecule has 156 valence electrons. The standard InChI is InChI=1S/C21H16FN5O2S2/c22-14-5-3-12(4-6-14)10-30-20-15(2-1-7-24-20)19(29)27-21-26-17(11-31-21)13-8-16(18(23)28)25-9-13/h1-9,11,25H,10H2,(H2,23,28)(H,26,27,29). The van der Waals surface area contributed by atoms with E-state index in [2.05, 4.69) is 20.3 Å². The van der Waals surface area contributed by atoms with Gasteiger partial charge in [0.05, 0.1) is 11.3 Å². The van der Waals surface area contributed by atoms with Crippen molar-refractivity contribution in [3.8, 4) is 11.3 Å². The van der Waals surface area contributed by atoms with Gasteiger partial charge in [-0.1, -0.05) is 12.1 Å². The maximum absolute atomic E-state index is 13.1. The van der Waals surface area contributed by atoms with Crippen LogP contribution in [0.4, 0.5) is 9.52 Å². The third-order valence-electron chi connectivity index (χ3n) is 4.27. The van der Waals surface area contributed by atoms with Crippen molar-refractivity contribution < 1.29 is 14.0 Å². The molecule has 0 aliphatic heterocycles. The number of amides is 2. The fourth-order valence-electron chi connectivity index (χ4n) is 2.72. The van der Waals surface area contributed by atoms with E-state index in [1.165, 1.54) is 35.2 Å². The van der Waals surface area contributed by atoms with Crippen LogP contribution in [0.1, 0.15) is 26.4 Å². The summed E-state index contributed by atoms with van der Waals surface area (Å²) in [6.07, 6.45) is 3.25. The molecule has 10 heteroatoms. The summed E-state index contributed by atoms with van der Waals surface area (Å²) >= 11 is 2.66. The van der Waals surface area contributed by atoms with Crippen molar-refractivity contribution >= 4 is 40.0 Å². The van der Waals surface area contributed by atoms with Crippen molar-refractivity contribution in [2.24, 2.45) is 5.73 Å². The highest BCUT2D eigenvalue weighted by Crippen LogP contribution is 2.28. The van der Waals surface area contributed by atoms with Gasteiger partial charge < -0.3 is 10.7 Å². The Kier molecular flexibility index (Phi) is 6.10. The molecule has 2 amide bonds. The summed E-state index contributed by atoms with van der Waals surface area (Å²) in [5, 5.41) is 5.55. The molecule has 3 aromatic heterocycles. The second kappa shape index (κ2) is 9.11. The van der Waals surface area contributed by atoms with Crippen LogP contribution in [0.2, 0.25) is 0 Å². The average Bonchev–Trinajstić information content (AvgIpc) is 3.43. The highest BCUT2D eigenvalue weighted by atomic mass is 32.2. The summed E-state index contributed by atoms with van der Waals surface area (Å²) < 4.78 is 13.1. The number of halogens is 1. The Balaban J connectivity index is 1.46. The van der Waals surface area contributed by atoms with Gasteiger partial charge in [-0.15, -0.1) is 23.1 Å². The lowest BCUT2D eigenvalue weighted by molar-refractivity contribution is 0.0993. The summed E-state index contributed by atoms with van der Waals surface area (Å²) in [4.78, 5) is 35.6. The zero-order valence-electron chi connectivity index (χ0n) is 16.0. The maximum Gasteiger partial charge on any atom is 0.265 e. The molecule has 0 aliphatic carbocycles. The SMILES string of the molecule is NC(=O)c1cc(-c2csc(NC(=O)c3cccnc3SCc3ccc(F)cc3)n2)c[nH]1. The third kappa shape index (κ3) is 4.98. The molecule has 0 unspecified atom stereocenters. The van der Waals surface area contributed by atoms with E-state index in [1.54, 1.807) is 48.1 Å². The van der Waals surface area contributed by atoms with Crippen LogP contribution < -0.4 is 11.1 Å². The number of nitrogens with zero attached hydrogens (tertiary/aromatic N) is 2. The zero-order valence-corrected chi connectivity index (χ0v) is 17.6. The van der Waals surface area contributed by atoms with Crippen LogP contribution in [0.15, 0.2) is 65.3 Å². The molecule has 0 fully saturated rings. The van der Waals surface area contributed by atoms with Crippen LogP contribution in [0.25, 0.3) is 11.3 Å². The Hall–Kier alpha value is -3.50. The number of hydrogen-bond acceptors (Lipinski definition) is 6. The van der Waals surface area contributed by atoms with Crippen molar-refractivity contribution in [3.63, 3.8) is 0 Å². The summed E-state index contributed by atoms with van der Waals surface area (Å²) in [5.74, 6) is -0.631. The number of thiazole rings is 1. The van der Waals surface area contributed by atoms with Crippen molar-refractivity contribution in [3.05, 3.63) is 82.9 Å². The highest BCUT2D eigenvalue weighted by Gasteiger charge is 2.16. The number of primary amides is 1. The molecule has 0 bridgehead atoms. The number of carbonyl (C=O) groups excluding carboxylic acids is 2. The van der Waals surface area contributed by atoms with E-state index >= 15 is 0 Å². The molecule has 3 heterocycles. The van der Waals surface area contributed by atoms with Crippen LogP contribution in [0, 0.1) is 5.82 Å². The first-order valence-corrected chi connectivity index (χ1v) is 10.9. The summed E-state index contributed by atoms with van der Waals surface area (Å²) in [6, 6.07) is 11.2.